The molecular formula is C12H15N3O3. The number of anilines is 1. The average molecular weight is 249 g/mol. The molecule has 0 aliphatic heterocycles. The monoisotopic (exact) mass is 249 g/mol. The molecule has 2 unspecified atom stereocenters. The number of carbonyl (C=O) groups excluding carboxylic acids is 1. The first kappa shape index (κ1) is 12.3. The van der Waals surface area contributed by atoms with Crippen molar-refractivity contribution in [3.8, 4) is 0 Å². The molecule has 1 aromatic heterocycles. The van der Waals surface area contributed by atoms with Gasteiger partial charge in [-0.05, 0) is 25.0 Å². The zero-order valence-electron chi connectivity index (χ0n) is 9.80. The summed E-state index contributed by atoms with van der Waals surface area (Å²) in [6.07, 6.45) is 3.82. The standard InChI is InChI=1S/C12H15N3O3/c13-11(16)7-4-5-14-10(6-7)15-9-3-1-2-8(9)12(17)18/h4-6,8-9H,1-3H2,(H2,13,16)(H,14,15)(H,17,18). The lowest BCUT2D eigenvalue weighted by Crippen LogP contribution is -2.30. The minimum Gasteiger partial charge on any atom is -0.481 e. The van der Waals surface area contributed by atoms with Gasteiger partial charge in [-0.25, -0.2) is 4.98 Å². The topological polar surface area (TPSA) is 105 Å². The molecule has 0 aromatic carbocycles. The first-order valence-electron chi connectivity index (χ1n) is 5.83. The van der Waals surface area contributed by atoms with Gasteiger partial charge in [0.1, 0.15) is 5.82 Å². The Morgan fingerprint density at radius 2 is 2.22 bits per heavy atom. The van der Waals surface area contributed by atoms with Crippen molar-refractivity contribution in [1.29, 1.82) is 0 Å². The molecule has 2 rings (SSSR count). The fourth-order valence-electron chi connectivity index (χ4n) is 2.28. The van der Waals surface area contributed by atoms with Gasteiger partial charge >= 0.3 is 5.97 Å². The van der Waals surface area contributed by atoms with Gasteiger partial charge in [0.25, 0.3) is 0 Å². The highest BCUT2D eigenvalue weighted by Gasteiger charge is 2.32. The molecule has 6 nitrogen and oxygen atoms in total. The molecule has 1 heterocycles. The Kier molecular flexibility index (Phi) is 3.45. The second-order valence-electron chi connectivity index (χ2n) is 4.42. The third-order valence-corrected chi connectivity index (χ3v) is 3.21. The lowest BCUT2D eigenvalue weighted by Gasteiger charge is -2.18. The zero-order valence-corrected chi connectivity index (χ0v) is 9.80. The number of carboxylic acids is 1. The maximum Gasteiger partial charge on any atom is 0.308 e. The van der Waals surface area contributed by atoms with E-state index < -0.39 is 17.8 Å². The van der Waals surface area contributed by atoms with Crippen molar-refractivity contribution >= 4 is 17.7 Å². The third kappa shape index (κ3) is 2.58. The SMILES string of the molecule is NC(=O)c1ccnc(NC2CCCC2C(=O)O)c1. The number of aliphatic carboxylic acids is 1. The maximum absolute atomic E-state index is 11.0. The molecule has 4 N–H and O–H groups in total. The number of nitrogens with one attached hydrogen (secondary N) is 1. The van der Waals surface area contributed by atoms with Crippen LogP contribution in [0.1, 0.15) is 29.6 Å². The highest BCUT2D eigenvalue weighted by atomic mass is 16.4. The van der Waals surface area contributed by atoms with Gasteiger partial charge in [0.05, 0.1) is 5.92 Å². The summed E-state index contributed by atoms with van der Waals surface area (Å²) in [6, 6.07) is 2.93. The van der Waals surface area contributed by atoms with Gasteiger partial charge in [-0.2, -0.15) is 0 Å². The Labute approximate surface area is 104 Å². The van der Waals surface area contributed by atoms with E-state index >= 15 is 0 Å². The van der Waals surface area contributed by atoms with Crippen LogP contribution in [0.4, 0.5) is 5.82 Å². The minimum absolute atomic E-state index is 0.141. The molecule has 1 saturated carbocycles. The molecule has 0 spiro atoms. The van der Waals surface area contributed by atoms with E-state index in [1.165, 1.54) is 12.3 Å². The van der Waals surface area contributed by atoms with E-state index in [1.807, 2.05) is 0 Å². The fourth-order valence-corrected chi connectivity index (χ4v) is 2.28. The van der Waals surface area contributed by atoms with Crippen LogP contribution < -0.4 is 11.1 Å². The largest absolute Gasteiger partial charge is 0.481 e. The van der Waals surface area contributed by atoms with Gasteiger partial charge in [-0.15, -0.1) is 0 Å². The van der Waals surface area contributed by atoms with Crippen LogP contribution in [0.25, 0.3) is 0 Å². The van der Waals surface area contributed by atoms with E-state index in [9.17, 15) is 9.59 Å². The first-order valence-corrected chi connectivity index (χ1v) is 5.83. The predicted molar refractivity (Wildman–Crippen MR) is 65.1 cm³/mol. The summed E-state index contributed by atoms with van der Waals surface area (Å²) in [5.74, 6) is -1.23. The number of hydrogen-bond acceptors (Lipinski definition) is 4. The van der Waals surface area contributed by atoms with Crippen molar-refractivity contribution in [2.24, 2.45) is 11.7 Å². The van der Waals surface area contributed by atoms with Crippen molar-refractivity contribution < 1.29 is 14.7 Å². The smallest absolute Gasteiger partial charge is 0.308 e. The number of carbonyl (C=O) groups is 2. The Balaban J connectivity index is 2.11. The molecule has 1 fully saturated rings. The second kappa shape index (κ2) is 5.03. The molecule has 1 aromatic rings. The summed E-state index contributed by atoms with van der Waals surface area (Å²) in [4.78, 5) is 26.1. The van der Waals surface area contributed by atoms with E-state index in [0.717, 1.165) is 12.8 Å². The number of nitrogens with two attached hydrogens (primary N) is 1. The Hall–Kier alpha value is -2.11. The number of rotatable bonds is 4. The Morgan fingerprint density at radius 3 is 2.89 bits per heavy atom. The predicted octanol–water partition coefficient (Wildman–Crippen LogP) is 0.846. The molecule has 1 aliphatic carbocycles. The van der Waals surface area contributed by atoms with Gasteiger partial charge in [0.2, 0.25) is 5.91 Å². The highest BCUT2D eigenvalue weighted by Crippen LogP contribution is 2.28. The number of carboxylic acid groups (broad SMARTS) is 1. The average Bonchev–Trinajstić information content (AvgIpc) is 2.77. The van der Waals surface area contributed by atoms with Crippen molar-refractivity contribution in [2.45, 2.75) is 25.3 Å². The van der Waals surface area contributed by atoms with Crippen LogP contribution in [0.5, 0.6) is 0 Å². The highest BCUT2D eigenvalue weighted by molar-refractivity contribution is 5.93. The van der Waals surface area contributed by atoms with Crippen LogP contribution in [0.15, 0.2) is 18.3 Å². The van der Waals surface area contributed by atoms with Crippen LogP contribution in [0.2, 0.25) is 0 Å². The minimum atomic E-state index is -0.795. The van der Waals surface area contributed by atoms with Crippen LogP contribution in [0, 0.1) is 5.92 Å². The van der Waals surface area contributed by atoms with Crippen molar-refractivity contribution in [3.05, 3.63) is 23.9 Å². The second-order valence-corrected chi connectivity index (χ2v) is 4.42. The van der Waals surface area contributed by atoms with Gasteiger partial charge in [-0.1, -0.05) is 6.42 Å². The lowest BCUT2D eigenvalue weighted by molar-refractivity contribution is -0.141. The van der Waals surface area contributed by atoms with Gasteiger partial charge < -0.3 is 16.2 Å². The molecule has 0 bridgehead atoms. The maximum atomic E-state index is 11.0. The summed E-state index contributed by atoms with van der Waals surface area (Å²) in [5, 5.41) is 12.1. The van der Waals surface area contributed by atoms with E-state index in [1.54, 1.807) is 6.07 Å². The summed E-state index contributed by atoms with van der Waals surface area (Å²) < 4.78 is 0. The summed E-state index contributed by atoms with van der Waals surface area (Å²) >= 11 is 0. The molecular weight excluding hydrogens is 234 g/mol. The summed E-state index contributed by atoms with van der Waals surface area (Å²) in [6.45, 7) is 0. The molecule has 0 radical (unpaired) electrons. The van der Waals surface area contributed by atoms with Crippen LogP contribution in [0.3, 0.4) is 0 Å². The van der Waals surface area contributed by atoms with Crippen molar-refractivity contribution in [2.75, 3.05) is 5.32 Å². The van der Waals surface area contributed by atoms with Crippen molar-refractivity contribution in [3.63, 3.8) is 0 Å². The molecule has 0 saturated heterocycles. The first-order chi connectivity index (χ1) is 8.58. The quantitative estimate of drug-likeness (QED) is 0.733. The number of hydrogen-bond donors (Lipinski definition) is 3. The van der Waals surface area contributed by atoms with E-state index in [2.05, 4.69) is 10.3 Å². The van der Waals surface area contributed by atoms with Crippen LogP contribution in [-0.2, 0) is 4.79 Å². The number of pyridine rings is 1. The Morgan fingerprint density at radius 1 is 1.44 bits per heavy atom. The van der Waals surface area contributed by atoms with Gasteiger partial charge in [0, 0.05) is 17.8 Å². The number of aromatic nitrogens is 1. The zero-order chi connectivity index (χ0) is 13.1. The normalized spacial score (nSPS) is 22.7. The van der Waals surface area contributed by atoms with Crippen molar-refractivity contribution in [1.82, 2.24) is 4.98 Å². The third-order valence-electron chi connectivity index (χ3n) is 3.21. The van der Waals surface area contributed by atoms with Crippen LogP contribution in [-0.4, -0.2) is 28.0 Å². The molecule has 96 valence electrons. The molecule has 18 heavy (non-hydrogen) atoms. The summed E-state index contributed by atoms with van der Waals surface area (Å²) in [7, 11) is 0. The van der Waals surface area contributed by atoms with Gasteiger partial charge in [0.15, 0.2) is 0 Å². The van der Waals surface area contributed by atoms with E-state index in [0.29, 0.717) is 17.8 Å². The number of primary amides is 1. The lowest BCUT2D eigenvalue weighted by atomic mass is 10.0. The molecule has 6 heteroatoms. The number of nitrogens with zero attached hydrogens (tertiary/aromatic N) is 1. The Bertz CT molecular complexity index is 475. The van der Waals surface area contributed by atoms with E-state index in [4.69, 9.17) is 10.8 Å². The number of amides is 1. The van der Waals surface area contributed by atoms with E-state index in [-0.39, 0.29) is 6.04 Å². The molecule has 1 aliphatic rings. The molecule has 1 amide bonds. The fraction of sp³-hybridized carbons (Fsp3) is 0.417. The molecule has 2 atom stereocenters. The summed E-state index contributed by atoms with van der Waals surface area (Å²) in [5.41, 5.74) is 5.54. The van der Waals surface area contributed by atoms with Crippen LogP contribution >= 0.6 is 0 Å². The van der Waals surface area contributed by atoms with Gasteiger partial charge in [-0.3, -0.25) is 9.59 Å².